The summed E-state index contributed by atoms with van der Waals surface area (Å²) in [6.45, 7) is -0.0107. The molecule has 1 fully saturated rings. The third-order valence-electron chi connectivity index (χ3n) is 4.26. The highest BCUT2D eigenvalue weighted by Crippen LogP contribution is 2.30. The Morgan fingerprint density at radius 2 is 2.19 bits per heavy atom. The van der Waals surface area contributed by atoms with E-state index in [2.05, 4.69) is 25.5 Å². The zero-order chi connectivity index (χ0) is 18.9. The molecule has 0 saturated carbocycles. The Morgan fingerprint density at radius 1 is 1.30 bits per heavy atom. The van der Waals surface area contributed by atoms with Gasteiger partial charge in [0.1, 0.15) is 11.4 Å². The Morgan fingerprint density at radius 3 is 2.85 bits per heavy atom. The van der Waals surface area contributed by atoms with Crippen LogP contribution in [0.4, 0.5) is 8.78 Å². The van der Waals surface area contributed by atoms with Gasteiger partial charge in [0.15, 0.2) is 6.10 Å². The topological polar surface area (TPSA) is 98.0 Å². The van der Waals surface area contributed by atoms with Crippen LogP contribution in [0.5, 0.6) is 11.8 Å². The van der Waals surface area contributed by atoms with E-state index in [0.29, 0.717) is 17.8 Å². The number of hydrogen-bond acceptors (Lipinski definition) is 7. The minimum Gasteiger partial charge on any atom is -0.507 e. The van der Waals surface area contributed by atoms with E-state index in [0.717, 1.165) is 5.69 Å². The van der Waals surface area contributed by atoms with Gasteiger partial charge in [-0.3, -0.25) is 0 Å². The molecule has 0 radical (unpaired) electrons. The summed E-state index contributed by atoms with van der Waals surface area (Å²) in [6, 6.07) is 4.77. The van der Waals surface area contributed by atoms with E-state index in [-0.39, 0.29) is 18.2 Å². The summed E-state index contributed by atoms with van der Waals surface area (Å²) in [5, 5.41) is 20.6. The monoisotopic (exact) mass is 374 g/mol. The van der Waals surface area contributed by atoms with Crippen molar-refractivity contribution < 1.29 is 18.6 Å². The standard InChI is InChI=1S/C17H16F2N6O2/c18-17(19)9-20-4-3-15(17)27-16-22-8-13(23-24-16)12-2-1-11(7-14(12)26)25-6-5-21-10-25/h1-2,5-8,10,15,20,26H,3-4,9H2/t15-/m1/s1. The van der Waals surface area contributed by atoms with Crippen LogP contribution in [0, 0.1) is 0 Å². The Kier molecular flexibility index (Phi) is 4.40. The van der Waals surface area contributed by atoms with Crippen molar-refractivity contribution in [2.24, 2.45) is 0 Å². The lowest BCUT2D eigenvalue weighted by Gasteiger charge is -2.30. The number of hydrogen-bond donors (Lipinski definition) is 2. The number of phenolic OH excluding ortho intramolecular Hbond substituents is 1. The van der Waals surface area contributed by atoms with Crippen molar-refractivity contribution in [1.29, 1.82) is 0 Å². The molecule has 1 aliphatic heterocycles. The number of nitrogens with zero attached hydrogens (tertiary/aromatic N) is 5. The average Bonchev–Trinajstić information content (AvgIpc) is 3.19. The molecule has 0 bridgehead atoms. The molecule has 0 spiro atoms. The maximum atomic E-state index is 13.8. The summed E-state index contributed by atoms with van der Waals surface area (Å²) in [4.78, 5) is 7.91. The molecule has 3 heterocycles. The summed E-state index contributed by atoms with van der Waals surface area (Å²) in [5.41, 5.74) is 1.44. The molecule has 1 aromatic carbocycles. The molecule has 140 valence electrons. The molecule has 1 aliphatic rings. The lowest BCUT2D eigenvalue weighted by atomic mass is 10.1. The third kappa shape index (κ3) is 3.56. The quantitative estimate of drug-likeness (QED) is 0.719. The van der Waals surface area contributed by atoms with E-state index in [1.54, 1.807) is 41.5 Å². The normalized spacial score (nSPS) is 19.0. The van der Waals surface area contributed by atoms with Gasteiger partial charge >= 0.3 is 6.01 Å². The Bertz CT molecular complexity index is 918. The van der Waals surface area contributed by atoms with Gasteiger partial charge in [0.2, 0.25) is 0 Å². The summed E-state index contributed by atoms with van der Waals surface area (Å²) in [7, 11) is 0. The van der Waals surface area contributed by atoms with E-state index < -0.39 is 18.6 Å². The summed E-state index contributed by atoms with van der Waals surface area (Å²) in [6.07, 6.45) is 5.17. The van der Waals surface area contributed by atoms with Crippen LogP contribution in [0.3, 0.4) is 0 Å². The summed E-state index contributed by atoms with van der Waals surface area (Å²) < 4.78 is 34.6. The number of aromatic nitrogens is 5. The predicted molar refractivity (Wildman–Crippen MR) is 90.9 cm³/mol. The van der Waals surface area contributed by atoms with Crippen molar-refractivity contribution >= 4 is 0 Å². The number of alkyl halides is 2. The minimum absolute atomic E-state index is 0.0177. The Hall–Kier alpha value is -3.14. The van der Waals surface area contributed by atoms with Gasteiger partial charge in [0, 0.05) is 30.4 Å². The number of imidazole rings is 1. The molecule has 27 heavy (non-hydrogen) atoms. The molecule has 10 heteroatoms. The molecular formula is C17H16F2N6O2. The number of piperidine rings is 1. The molecule has 8 nitrogen and oxygen atoms in total. The largest absolute Gasteiger partial charge is 0.507 e. The molecule has 2 aromatic heterocycles. The average molecular weight is 374 g/mol. The maximum Gasteiger partial charge on any atom is 0.336 e. The highest BCUT2D eigenvalue weighted by atomic mass is 19.3. The predicted octanol–water partition coefficient (Wildman–Crippen LogP) is 1.81. The van der Waals surface area contributed by atoms with Crippen LogP contribution in [0.2, 0.25) is 0 Å². The molecule has 0 unspecified atom stereocenters. The fourth-order valence-corrected chi connectivity index (χ4v) is 2.84. The van der Waals surface area contributed by atoms with Crippen LogP contribution in [0.25, 0.3) is 16.9 Å². The maximum absolute atomic E-state index is 13.8. The molecule has 0 aliphatic carbocycles. The number of phenols is 1. The second-order valence-electron chi connectivity index (χ2n) is 6.13. The molecule has 2 N–H and O–H groups in total. The van der Waals surface area contributed by atoms with Crippen LogP contribution in [-0.4, -0.2) is 55.0 Å². The fourth-order valence-electron chi connectivity index (χ4n) is 2.84. The van der Waals surface area contributed by atoms with E-state index in [4.69, 9.17) is 4.74 Å². The van der Waals surface area contributed by atoms with Crippen molar-refractivity contribution in [3.8, 4) is 28.7 Å². The third-order valence-corrected chi connectivity index (χ3v) is 4.26. The first-order chi connectivity index (χ1) is 13.0. The van der Waals surface area contributed by atoms with Gasteiger partial charge in [0.25, 0.3) is 5.92 Å². The Balaban J connectivity index is 1.52. The second kappa shape index (κ2) is 6.88. The lowest BCUT2D eigenvalue weighted by molar-refractivity contribution is -0.111. The molecule has 1 atom stereocenters. The minimum atomic E-state index is -3.00. The highest BCUT2D eigenvalue weighted by molar-refractivity contribution is 5.67. The molecular weight excluding hydrogens is 358 g/mol. The Labute approximate surface area is 152 Å². The second-order valence-corrected chi connectivity index (χ2v) is 6.13. The van der Waals surface area contributed by atoms with Crippen LogP contribution < -0.4 is 10.1 Å². The van der Waals surface area contributed by atoms with Crippen LogP contribution in [-0.2, 0) is 0 Å². The zero-order valence-corrected chi connectivity index (χ0v) is 14.1. The van der Waals surface area contributed by atoms with Crippen LogP contribution in [0.15, 0.2) is 43.1 Å². The first-order valence-electron chi connectivity index (χ1n) is 8.29. The number of nitrogens with one attached hydrogen (secondary N) is 1. The van der Waals surface area contributed by atoms with Gasteiger partial charge in [0.05, 0.1) is 24.8 Å². The highest BCUT2D eigenvalue weighted by Gasteiger charge is 2.44. The summed E-state index contributed by atoms with van der Waals surface area (Å²) >= 11 is 0. The number of rotatable bonds is 4. The van der Waals surface area contributed by atoms with Gasteiger partial charge in [-0.25, -0.2) is 18.7 Å². The van der Waals surface area contributed by atoms with Crippen molar-refractivity contribution in [3.63, 3.8) is 0 Å². The van der Waals surface area contributed by atoms with Gasteiger partial charge in [-0.1, -0.05) is 5.10 Å². The SMILES string of the molecule is Oc1cc(-n2ccnc2)ccc1-c1cnc(O[C@@H]2CCNCC2(F)F)nn1. The fraction of sp³-hybridized carbons (Fsp3) is 0.294. The van der Waals surface area contributed by atoms with Gasteiger partial charge in [-0.2, -0.15) is 0 Å². The first kappa shape index (κ1) is 17.3. The van der Waals surface area contributed by atoms with Crippen molar-refractivity contribution in [3.05, 3.63) is 43.1 Å². The molecule has 3 aromatic rings. The lowest BCUT2D eigenvalue weighted by Crippen LogP contribution is -2.52. The van der Waals surface area contributed by atoms with Gasteiger partial charge in [-0.15, -0.1) is 5.10 Å². The van der Waals surface area contributed by atoms with Crippen molar-refractivity contribution in [2.75, 3.05) is 13.1 Å². The van der Waals surface area contributed by atoms with E-state index >= 15 is 0 Å². The van der Waals surface area contributed by atoms with Crippen molar-refractivity contribution in [2.45, 2.75) is 18.4 Å². The number of aromatic hydroxyl groups is 1. The van der Waals surface area contributed by atoms with E-state index in [9.17, 15) is 13.9 Å². The van der Waals surface area contributed by atoms with E-state index in [1.165, 1.54) is 6.20 Å². The van der Waals surface area contributed by atoms with Crippen LogP contribution in [0.1, 0.15) is 6.42 Å². The van der Waals surface area contributed by atoms with Gasteiger partial charge < -0.3 is 19.7 Å². The first-order valence-corrected chi connectivity index (χ1v) is 8.29. The molecule has 4 rings (SSSR count). The molecule has 0 amide bonds. The zero-order valence-electron chi connectivity index (χ0n) is 14.1. The van der Waals surface area contributed by atoms with Crippen LogP contribution >= 0.6 is 0 Å². The number of ether oxygens (including phenoxy) is 1. The molecule has 1 saturated heterocycles. The van der Waals surface area contributed by atoms with E-state index in [1.807, 2.05) is 0 Å². The number of benzene rings is 1. The number of halogens is 2. The van der Waals surface area contributed by atoms with Crippen molar-refractivity contribution in [1.82, 2.24) is 30.0 Å². The van der Waals surface area contributed by atoms with Gasteiger partial charge in [-0.05, 0) is 18.7 Å². The summed E-state index contributed by atoms with van der Waals surface area (Å²) in [5.74, 6) is -3.02. The smallest absolute Gasteiger partial charge is 0.336 e.